The van der Waals surface area contributed by atoms with Crippen LogP contribution < -0.4 is 5.32 Å². The van der Waals surface area contributed by atoms with Gasteiger partial charge in [-0.3, -0.25) is 9.59 Å². The first kappa shape index (κ1) is 71.9. The third kappa shape index (κ3) is 41.0. The van der Waals surface area contributed by atoms with Crippen molar-refractivity contribution >= 4 is 11.9 Å². The minimum atomic E-state index is -1.61. The molecule has 1 aliphatic heterocycles. The van der Waals surface area contributed by atoms with Crippen LogP contribution in [0.25, 0.3) is 0 Å². The van der Waals surface area contributed by atoms with Gasteiger partial charge in [-0.15, -0.1) is 0 Å². The van der Waals surface area contributed by atoms with Gasteiger partial charge >= 0.3 is 5.97 Å². The predicted octanol–water partition coefficient (Wildman–Crippen LogP) is 15.5. The summed E-state index contributed by atoms with van der Waals surface area (Å²) in [6.45, 7) is 5.79. The average molecular weight is 1080 g/mol. The number of aliphatic hydroxyl groups is 5. The third-order valence-corrected chi connectivity index (χ3v) is 15.3. The third-order valence-electron chi connectivity index (χ3n) is 15.3. The molecule has 1 amide bonds. The van der Waals surface area contributed by atoms with E-state index in [1.807, 2.05) is 6.08 Å². The van der Waals surface area contributed by atoms with E-state index < -0.39 is 67.4 Å². The van der Waals surface area contributed by atoms with Gasteiger partial charge in [0.15, 0.2) is 12.4 Å². The summed E-state index contributed by atoms with van der Waals surface area (Å²) in [5.74, 6) is -1.18. The summed E-state index contributed by atoms with van der Waals surface area (Å²) >= 11 is 0. The molecule has 0 aromatic carbocycles. The van der Waals surface area contributed by atoms with Crippen LogP contribution in [0.2, 0.25) is 0 Å². The number of carbonyl (C=O) groups excluding carboxylic acids is 2. The Kier molecular flexibility index (Phi) is 50.6. The number of aliphatic hydroxyl groups excluding tert-OH is 5. The normalized spacial score (nSPS) is 19.3. The van der Waals surface area contributed by atoms with Crippen molar-refractivity contribution in [3.63, 3.8) is 0 Å². The molecule has 0 aromatic heterocycles. The van der Waals surface area contributed by atoms with Crippen LogP contribution >= 0.6 is 0 Å². The number of unbranched alkanes of at least 4 members (excludes halogenated alkanes) is 37. The number of rotatable bonds is 55. The molecule has 76 heavy (non-hydrogen) atoms. The highest BCUT2D eigenvalue weighted by Gasteiger charge is 2.47. The van der Waals surface area contributed by atoms with Crippen LogP contribution in [0.5, 0.6) is 0 Å². The number of hydrogen-bond donors (Lipinski definition) is 6. The van der Waals surface area contributed by atoms with Crippen molar-refractivity contribution in [2.75, 3.05) is 13.2 Å². The quantitative estimate of drug-likeness (QED) is 0.0195. The number of hydrogen-bond acceptors (Lipinski definition) is 10. The fourth-order valence-corrected chi connectivity index (χ4v) is 10.2. The van der Waals surface area contributed by atoms with E-state index >= 15 is 0 Å². The molecule has 1 rings (SSSR count). The second kappa shape index (κ2) is 53.5. The average Bonchev–Trinajstić information content (AvgIpc) is 3.42. The molecule has 1 fully saturated rings. The summed E-state index contributed by atoms with van der Waals surface area (Å²) in [6.07, 6.45) is 53.2. The van der Waals surface area contributed by atoms with Gasteiger partial charge in [-0.05, 0) is 57.8 Å². The van der Waals surface area contributed by atoms with E-state index in [-0.39, 0.29) is 13.0 Å². The Morgan fingerprint density at radius 2 is 0.908 bits per heavy atom. The van der Waals surface area contributed by atoms with Gasteiger partial charge in [0.05, 0.1) is 25.4 Å². The predicted molar refractivity (Wildman–Crippen MR) is 315 cm³/mol. The van der Waals surface area contributed by atoms with Crippen molar-refractivity contribution in [2.45, 2.75) is 352 Å². The molecule has 8 atom stereocenters. The molecule has 1 saturated heterocycles. The topological polar surface area (TPSA) is 175 Å². The van der Waals surface area contributed by atoms with Gasteiger partial charge in [0.1, 0.15) is 24.4 Å². The van der Waals surface area contributed by atoms with Gasteiger partial charge in [0.25, 0.3) is 0 Å². The fourth-order valence-electron chi connectivity index (χ4n) is 10.2. The number of ether oxygens (including phenoxy) is 3. The number of carbonyl (C=O) groups is 2. The molecular weight excluding hydrogens is 955 g/mol. The maximum absolute atomic E-state index is 13.4. The second-order valence-corrected chi connectivity index (χ2v) is 22.5. The van der Waals surface area contributed by atoms with E-state index in [1.54, 1.807) is 6.08 Å². The summed E-state index contributed by atoms with van der Waals surface area (Å²) < 4.78 is 17.6. The SMILES string of the molecule is CCCCC/C=C\C/C=C\CCCCCCCCCCCCCC(=O)OC1C(OCC(NC(=O)C(O)CCCCCCCCCCCCCCCC)C(O)/C=C/CCCCCCCCCCCC)OC(CO)C(O)C1O. The maximum Gasteiger partial charge on any atom is 0.306 e. The minimum Gasteiger partial charge on any atom is -0.454 e. The smallest absolute Gasteiger partial charge is 0.306 e. The molecule has 0 aliphatic carbocycles. The molecule has 11 nitrogen and oxygen atoms in total. The van der Waals surface area contributed by atoms with Crippen LogP contribution in [0.15, 0.2) is 36.5 Å². The zero-order chi connectivity index (χ0) is 55.4. The highest BCUT2D eigenvalue weighted by Crippen LogP contribution is 2.26. The van der Waals surface area contributed by atoms with E-state index in [4.69, 9.17) is 14.2 Å². The Morgan fingerprint density at radius 3 is 1.37 bits per heavy atom. The van der Waals surface area contributed by atoms with Crippen LogP contribution in [0.1, 0.15) is 303 Å². The van der Waals surface area contributed by atoms with Crippen molar-refractivity contribution in [1.82, 2.24) is 5.32 Å². The van der Waals surface area contributed by atoms with Gasteiger partial charge in [-0.2, -0.15) is 0 Å². The van der Waals surface area contributed by atoms with Crippen LogP contribution in [0, 0.1) is 0 Å². The largest absolute Gasteiger partial charge is 0.454 e. The summed E-state index contributed by atoms with van der Waals surface area (Å²) in [5, 5.41) is 57.0. The summed E-state index contributed by atoms with van der Waals surface area (Å²) in [4.78, 5) is 26.6. The molecule has 1 aliphatic rings. The lowest BCUT2D eigenvalue weighted by molar-refractivity contribution is -0.305. The van der Waals surface area contributed by atoms with Crippen LogP contribution in [-0.2, 0) is 23.8 Å². The van der Waals surface area contributed by atoms with Crippen molar-refractivity contribution in [1.29, 1.82) is 0 Å². The monoisotopic (exact) mass is 1080 g/mol. The molecule has 446 valence electrons. The molecule has 0 bridgehead atoms. The van der Waals surface area contributed by atoms with Crippen molar-refractivity contribution < 1.29 is 49.3 Å². The molecule has 6 N–H and O–H groups in total. The zero-order valence-corrected chi connectivity index (χ0v) is 49.4. The van der Waals surface area contributed by atoms with Gasteiger partial charge in [-0.1, -0.05) is 276 Å². The van der Waals surface area contributed by atoms with Crippen molar-refractivity contribution in [2.24, 2.45) is 0 Å². The van der Waals surface area contributed by atoms with Gasteiger partial charge in [-0.25, -0.2) is 0 Å². The number of amides is 1. The van der Waals surface area contributed by atoms with E-state index in [0.717, 1.165) is 64.2 Å². The van der Waals surface area contributed by atoms with Crippen LogP contribution in [0.3, 0.4) is 0 Å². The molecular formula is C65H121NO10. The lowest BCUT2D eigenvalue weighted by Gasteiger charge is -2.41. The zero-order valence-electron chi connectivity index (χ0n) is 49.4. The molecule has 8 unspecified atom stereocenters. The van der Waals surface area contributed by atoms with E-state index in [2.05, 4.69) is 50.4 Å². The first-order valence-corrected chi connectivity index (χ1v) is 32.3. The lowest BCUT2D eigenvalue weighted by Crippen LogP contribution is -2.61. The Labute approximate surface area is 466 Å². The van der Waals surface area contributed by atoms with Gasteiger partial charge < -0.3 is 45.1 Å². The minimum absolute atomic E-state index is 0.124. The molecule has 0 aromatic rings. The summed E-state index contributed by atoms with van der Waals surface area (Å²) in [5.41, 5.74) is 0. The van der Waals surface area contributed by atoms with Gasteiger partial charge in [0.2, 0.25) is 5.91 Å². The number of esters is 1. The van der Waals surface area contributed by atoms with E-state index in [1.165, 1.54) is 193 Å². The summed E-state index contributed by atoms with van der Waals surface area (Å²) in [7, 11) is 0. The molecule has 1 heterocycles. The number of allylic oxidation sites excluding steroid dienone is 5. The first-order chi connectivity index (χ1) is 37.2. The van der Waals surface area contributed by atoms with Crippen molar-refractivity contribution in [3.05, 3.63) is 36.5 Å². The highest BCUT2D eigenvalue weighted by atomic mass is 16.7. The van der Waals surface area contributed by atoms with Crippen molar-refractivity contribution in [3.8, 4) is 0 Å². The lowest BCUT2D eigenvalue weighted by atomic mass is 9.99. The Morgan fingerprint density at radius 1 is 0.513 bits per heavy atom. The highest BCUT2D eigenvalue weighted by molar-refractivity contribution is 5.80. The van der Waals surface area contributed by atoms with Gasteiger partial charge in [0, 0.05) is 6.42 Å². The number of nitrogens with one attached hydrogen (secondary N) is 1. The molecule has 0 spiro atoms. The fraction of sp³-hybridized carbons (Fsp3) is 0.877. The Hall–Kier alpha value is -2.12. The van der Waals surface area contributed by atoms with Crippen LogP contribution in [-0.4, -0.2) is 99.6 Å². The molecule has 0 saturated carbocycles. The Balaban J connectivity index is 2.63. The molecule has 0 radical (unpaired) electrons. The van der Waals surface area contributed by atoms with E-state index in [9.17, 15) is 35.1 Å². The Bertz CT molecular complexity index is 1380. The summed E-state index contributed by atoms with van der Waals surface area (Å²) in [6, 6.07) is -1.02. The maximum atomic E-state index is 13.4. The van der Waals surface area contributed by atoms with E-state index in [0.29, 0.717) is 19.3 Å². The first-order valence-electron chi connectivity index (χ1n) is 32.3. The second-order valence-electron chi connectivity index (χ2n) is 22.5. The van der Waals surface area contributed by atoms with Crippen LogP contribution in [0.4, 0.5) is 0 Å². The standard InChI is InChI=1S/C65H121NO10/c1-4-7-10-13-16-19-22-25-27-28-29-30-31-32-33-35-38-41-44-47-50-53-60(70)76-63-62(72)61(71)59(54-67)75-65(63)74-55-56(57(68)51-48-45-42-39-36-24-21-18-15-12-9-6-3)66-64(73)58(69)52-49-46-43-40-37-34-26-23-20-17-14-11-8-5-2/h16,19,25,27,48,51,56-59,61-63,65,67-69,71-72H,4-15,17-18,20-24,26,28-47,49-50,52-55H2,1-3H3,(H,66,73)/b19-16-,27-25-,51-48+. The molecule has 11 heteroatoms.